The second kappa shape index (κ2) is 8.43. The Morgan fingerprint density at radius 3 is 2.59 bits per heavy atom. The van der Waals surface area contributed by atoms with E-state index >= 15 is 0 Å². The molecule has 8 heteroatoms. The molecule has 0 amide bonds. The second-order valence-corrected chi connectivity index (χ2v) is 8.19. The van der Waals surface area contributed by atoms with Crippen LogP contribution in [-0.4, -0.2) is 24.8 Å². The molecule has 5 rings (SSSR count). The molecular formula is C26H16ClFO6. The first-order valence-corrected chi connectivity index (χ1v) is 10.7. The third kappa shape index (κ3) is 3.64. The number of rotatable bonds is 3. The Labute approximate surface area is 198 Å². The van der Waals surface area contributed by atoms with Crippen molar-refractivity contribution in [1.82, 2.24) is 0 Å². The van der Waals surface area contributed by atoms with E-state index < -0.39 is 23.7 Å². The van der Waals surface area contributed by atoms with Crippen LogP contribution in [0.1, 0.15) is 49.7 Å². The molecule has 0 bridgehead atoms. The van der Waals surface area contributed by atoms with Gasteiger partial charge in [-0.3, -0.25) is 9.59 Å². The van der Waals surface area contributed by atoms with Crippen LogP contribution in [0.5, 0.6) is 11.5 Å². The Hall–Kier alpha value is -3.97. The van der Waals surface area contributed by atoms with Crippen LogP contribution in [0.25, 0.3) is 6.08 Å². The van der Waals surface area contributed by atoms with Gasteiger partial charge in [-0.1, -0.05) is 35.9 Å². The summed E-state index contributed by atoms with van der Waals surface area (Å²) in [6.45, 7) is 0. The number of allylic oxidation sites excluding steroid dienone is 1. The summed E-state index contributed by atoms with van der Waals surface area (Å²) < 4.78 is 30.9. The SMILES string of the molecule is COC(=O)c1ccc(/C=C2\Oc3c(ccc4c3C(c3cccc(Cl)c3F)CC(=O)O4)C2=O)cc1. The van der Waals surface area contributed by atoms with Crippen molar-refractivity contribution in [1.29, 1.82) is 0 Å². The number of hydrogen-bond donors (Lipinski definition) is 0. The minimum atomic E-state index is -0.739. The molecule has 1 atom stereocenters. The number of ketones is 1. The molecule has 34 heavy (non-hydrogen) atoms. The van der Waals surface area contributed by atoms with Gasteiger partial charge in [-0.25, -0.2) is 9.18 Å². The molecule has 170 valence electrons. The van der Waals surface area contributed by atoms with Gasteiger partial charge in [0, 0.05) is 11.5 Å². The van der Waals surface area contributed by atoms with E-state index in [2.05, 4.69) is 4.74 Å². The van der Waals surface area contributed by atoms with Gasteiger partial charge < -0.3 is 14.2 Å². The first-order chi connectivity index (χ1) is 16.4. The standard InChI is InChI=1S/C26H16ClFO6/c1-32-26(31)14-7-5-13(6-8-14)11-20-24(30)16-9-10-19-22(25(16)34-20)17(12-21(29)33-19)15-3-2-4-18(27)23(15)28/h2-11,17H,12H2,1H3/b20-11-. The summed E-state index contributed by atoms with van der Waals surface area (Å²) in [5, 5.41) is -0.0708. The number of fused-ring (bicyclic) bond motifs is 3. The predicted octanol–water partition coefficient (Wildman–Crippen LogP) is 5.32. The summed E-state index contributed by atoms with van der Waals surface area (Å²) in [5.41, 5.74) is 1.90. The topological polar surface area (TPSA) is 78.9 Å². The van der Waals surface area contributed by atoms with Crippen molar-refractivity contribution in [2.45, 2.75) is 12.3 Å². The number of carbonyl (C=O) groups excluding carboxylic acids is 3. The third-order valence-electron chi connectivity index (χ3n) is 5.77. The minimum absolute atomic E-state index is 0.0523. The lowest BCUT2D eigenvalue weighted by atomic mass is 9.84. The van der Waals surface area contributed by atoms with E-state index in [4.69, 9.17) is 21.1 Å². The number of ether oxygens (including phenoxy) is 3. The van der Waals surface area contributed by atoms with E-state index in [-0.39, 0.29) is 45.6 Å². The lowest BCUT2D eigenvalue weighted by Gasteiger charge is -2.26. The van der Waals surface area contributed by atoms with Crippen LogP contribution >= 0.6 is 11.6 Å². The maximum Gasteiger partial charge on any atom is 0.337 e. The van der Waals surface area contributed by atoms with Gasteiger partial charge in [0.05, 0.1) is 29.7 Å². The largest absolute Gasteiger partial charge is 0.465 e. The van der Waals surface area contributed by atoms with Crippen molar-refractivity contribution in [3.05, 3.63) is 99.0 Å². The number of methoxy groups -OCH3 is 1. The lowest BCUT2D eigenvalue weighted by Crippen LogP contribution is -2.22. The number of hydrogen-bond acceptors (Lipinski definition) is 6. The van der Waals surface area contributed by atoms with E-state index in [1.807, 2.05) is 0 Å². The molecule has 6 nitrogen and oxygen atoms in total. The van der Waals surface area contributed by atoms with E-state index in [9.17, 15) is 18.8 Å². The molecule has 3 aromatic rings. The van der Waals surface area contributed by atoms with E-state index in [0.29, 0.717) is 16.7 Å². The highest BCUT2D eigenvalue weighted by Crippen LogP contribution is 2.49. The van der Waals surface area contributed by atoms with Crippen LogP contribution in [0.4, 0.5) is 4.39 Å². The molecule has 0 aromatic heterocycles. The van der Waals surface area contributed by atoms with Crippen LogP contribution in [0.3, 0.4) is 0 Å². The van der Waals surface area contributed by atoms with E-state index in [0.717, 1.165) is 0 Å². The Morgan fingerprint density at radius 1 is 1.09 bits per heavy atom. The van der Waals surface area contributed by atoms with Gasteiger partial charge in [-0.05, 0) is 47.5 Å². The summed E-state index contributed by atoms with van der Waals surface area (Å²) in [6.07, 6.45) is 1.41. The molecular weight excluding hydrogens is 463 g/mol. The molecule has 0 saturated heterocycles. The molecule has 0 aliphatic carbocycles. The quantitative estimate of drug-likeness (QED) is 0.288. The molecule has 0 spiro atoms. The van der Waals surface area contributed by atoms with Crippen molar-refractivity contribution in [2.24, 2.45) is 0 Å². The molecule has 0 radical (unpaired) electrons. The van der Waals surface area contributed by atoms with Gasteiger partial charge in [-0.2, -0.15) is 0 Å². The third-order valence-corrected chi connectivity index (χ3v) is 6.06. The van der Waals surface area contributed by atoms with Gasteiger partial charge in [0.25, 0.3) is 0 Å². The Bertz CT molecular complexity index is 1390. The average molecular weight is 479 g/mol. The minimum Gasteiger partial charge on any atom is -0.465 e. The fraction of sp³-hybridized carbons (Fsp3) is 0.115. The van der Waals surface area contributed by atoms with Crippen molar-refractivity contribution in [2.75, 3.05) is 7.11 Å². The molecule has 0 N–H and O–H groups in total. The fourth-order valence-corrected chi connectivity index (χ4v) is 4.33. The zero-order valence-corrected chi connectivity index (χ0v) is 18.5. The van der Waals surface area contributed by atoms with Gasteiger partial charge in [0.1, 0.15) is 17.3 Å². The van der Waals surface area contributed by atoms with Crippen molar-refractivity contribution >= 4 is 35.4 Å². The molecule has 1 unspecified atom stereocenters. The Balaban J connectivity index is 1.56. The first-order valence-electron chi connectivity index (χ1n) is 10.3. The van der Waals surface area contributed by atoms with Crippen LogP contribution in [0.2, 0.25) is 5.02 Å². The van der Waals surface area contributed by atoms with Crippen LogP contribution < -0.4 is 9.47 Å². The zero-order chi connectivity index (χ0) is 24.0. The summed E-state index contributed by atoms with van der Waals surface area (Å²) in [5.74, 6) is -2.27. The first kappa shape index (κ1) is 21.9. The molecule has 3 aromatic carbocycles. The smallest absolute Gasteiger partial charge is 0.337 e. The fourth-order valence-electron chi connectivity index (χ4n) is 4.15. The number of Topliss-reactive ketones (excluding diaryl/α,β-unsaturated/α-hetero) is 1. The number of esters is 2. The average Bonchev–Trinajstić information content (AvgIpc) is 3.15. The summed E-state index contributed by atoms with van der Waals surface area (Å²) in [6, 6.07) is 14.0. The van der Waals surface area contributed by atoms with Gasteiger partial charge in [0.15, 0.2) is 5.76 Å². The molecule has 2 aliphatic heterocycles. The van der Waals surface area contributed by atoms with Crippen molar-refractivity contribution in [3.8, 4) is 11.5 Å². The van der Waals surface area contributed by atoms with Crippen LogP contribution in [0.15, 0.2) is 60.4 Å². The molecule has 2 aliphatic rings. The van der Waals surface area contributed by atoms with Gasteiger partial charge in [-0.15, -0.1) is 0 Å². The summed E-state index contributed by atoms with van der Waals surface area (Å²) in [7, 11) is 1.29. The highest BCUT2D eigenvalue weighted by atomic mass is 35.5. The normalized spacial score (nSPS) is 17.6. The molecule has 0 fully saturated rings. The van der Waals surface area contributed by atoms with Gasteiger partial charge >= 0.3 is 11.9 Å². The summed E-state index contributed by atoms with van der Waals surface area (Å²) in [4.78, 5) is 36.9. The van der Waals surface area contributed by atoms with E-state index in [1.165, 1.54) is 25.3 Å². The summed E-state index contributed by atoms with van der Waals surface area (Å²) >= 11 is 5.98. The predicted molar refractivity (Wildman–Crippen MR) is 121 cm³/mol. The van der Waals surface area contributed by atoms with Crippen LogP contribution in [0, 0.1) is 5.82 Å². The Morgan fingerprint density at radius 2 is 1.85 bits per heavy atom. The van der Waals surface area contributed by atoms with Crippen molar-refractivity contribution in [3.63, 3.8) is 0 Å². The molecule has 2 heterocycles. The monoisotopic (exact) mass is 478 g/mol. The number of halogens is 2. The van der Waals surface area contributed by atoms with Crippen molar-refractivity contribution < 1.29 is 33.0 Å². The number of carbonyl (C=O) groups is 3. The Kier molecular flexibility index (Phi) is 5.42. The lowest BCUT2D eigenvalue weighted by molar-refractivity contribution is -0.135. The second-order valence-electron chi connectivity index (χ2n) is 7.78. The van der Waals surface area contributed by atoms with Crippen LogP contribution in [-0.2, 0) is 9.53 Å². The maximum absolute atomic E-state index is 14.9. The highest BCUT2D eigenvalue weighted by molar-refractivity contribution is 6.30. The highest BCUT2D eigenvalue weighted by Gasteiger charge is 2.39. The zero-order valence-electron chi connectivity index (χ0n) is 17.8. The number of benzene rings is 3. The maximum atomic E-state index is 14.9. The van der Waals surface area contributed by atoms with E-state index in [1.54, 1.807) is 42.5 Å². The molecule has 0 saturated carbocycles. The van der Waals surface area contributed by atoms with Gasteiger partial charge in [0.2, 0.25) is 5.78 Å².